The summed E-state index contributed by atoms with van der Waals surface area (Å²) >= 11 is 0. The second-order valence-corrected chi connectivity index (χ2v) is 6.73. The van der Waals surface area contributed by atoms with E-state index in [1.54, 1.807) is 35.0 Å². The van der Waals surface area contributed by atoms with Crippen LogP contribution in [0.5, 0.6) is 0 Å². The lowest BCUT2D eigenvalue weighted by Crippen LogP contribution is -2.03. The van der Waals surface area contributed by atoms with E-state index in [4.69, 9.17) is 0 Å². The first-order valence-electron chi connectivity index (χ1n) is 6.36. The van der Waals surface area contributed by atoms with E-state index in [1.807, 2.05) is 18.3 Å². The van der Waals surface area contributed by atoms with Crippen LogP contribution in [-0.2, 0) is 16.4 Å². The van der Waals surface area contributed by atoms with E-state index in [0.717, 1.165) is 17.0 Å². The molecule has 0 atom stereocenters. The van der Waals surface area contributed by atoms with Crippen molar-refractivity contribution in [3.05, 3.63) is 54.4 Å². The maximum Gasteiger partial charge on any atom is 0.175 e. The van der Waals surface area contributed by atoms with E-state index in [2.05, 4.69) is 15.4 Å². The molecule has 7 heteroatoms. The third-order valence-corrected chi connectivity index (χ3v) is 4.21. The number of aromatic nitrogens is 3. The van der Waals surface area contributed by atoms with Gasteiger partial charge in [-0.3, -0.25) is 0 Å². The predicted molar refractivity (Wildman–Crippen MR) is 79.9 cm³/mol. The fourth-order valence-electron chi connectivity index (χ4n) is 1.96. The summed E-state index contributed by atoms with van der Waals surface area (Å²) < 4.78 is 24.5. The quantitative estimate of drug-likeness (QED) is 0.794. The summed E-state index contributed by atoms with van der Waals surface area (Å²) in [5, 5.41) is 7.28. The Balaban J connectivity index is 1.72. The van der Waals surface area contributed by atoms with Gasteiger partial charge in [-0.25, -0.2) is 17.9 Å². The number of hydrogen-bond acceptors (Lipinski definition) is 5. The van der Waals surface area contributed by atoms with Crippen molar-refractivity contribution in [2.45, 2.75) is 11.4 Å². The van der Waals surface area contributed by atoms with Crippen LogP contribution in [0.2, 0.25) is 0 Å². The number of rotatable bonds is 4. The molecule has 0 fully saturated rings. The summed E-state index contributed by atoms with van der Waals surface area (Å²) in [6.45, 7) is 0.571. The van der Waals surface area contributed by atoms with Crippen molar-refractivity contribution < 1.29 is 8.42 Å². The zero-order valence-electron chi connectivity index (χ0n) is 11.4. The molecule has 2 heterocycles. The highest BCUT2D eigenvalue weighted by Gasteiger charge is 2.06. The summed E-state index contributed by atoms with van der Waals surface area (Å²) in [5.74, 6) is 0.746. The van der Waals surface area contributed by atoms with Crippen LogP contribution in [-0.4, -0.2) is 29.3 Å². The van der Waals surface area contributed by atoms with Gasteiger partial charge >= 0.3 is 0 Å². The monoisotopic (exact) mass is 302 g/mol. The lowest BCUT2D eigenvalue weighted by molar-refractivity contribution is 0.602. The third kappa shape index (κ3) is 3.03. The van der Waals surface area contributed by atoms with Crippen LogP contribution in [0.15, 0.2) is 53.7 Å². The standard InChI is InChI=1S/C14H14N4O2S/c1-21(19,20)12-4-2-11(3-5-12)10-15-13-7-9-18-14(17-13)6-8-16-18/h2-9H,10H2,1H3,(H,15,17). The number of nitrogens with one attached hydrogen (secondary N) is 1. The van der Waals surface area contributed by atoms with Gasteiger partial charge in [-0.05, 0) is 23.8 Å². The minimum Gasteiger partial charge on any atom is -0.366 e. The van der Waals surface area contributed by atoms with Crippen LogP contribution in [0.4, 0.5) is 5.82 Å². The Morgan fingerprint density at radius 2 is 1.90 bits per heavy atom. The van der Waals surface area contributed by atoms with Crippen molar-refractivity contribution >= 4 is 21.3 Å². The molecule has 0 aliphatic carbocycles. The molecule has 1 aromatic carbocycles. The summed E-state index contributed by atoms with van der Waals surface area (Å²) in [4.78, 5) is 4.72. The highest BCUT2D eigenvalue weighted by molar-refractivity contribution is 7.90. The average Bonchev–Trinajstić information content (AvgIpc) is 2.92. The largest absolute Gasteiger partial charge is 0.366 e. The predicted octanol–water partition coefficient (Wildman–Crippen LogP) is 1.74. The summed E-state index contributed by atoms with van der Waals surface area (Å²) in [5.41, 5.74) is 1.75. The molecule has 108 valence electrons. The average molecular weight is 302 g/mol. The maximum absolute atomic E-state index is 11.4. The highest BCUT2D eigenvalue weighted by atomic mass is 32.2. The highest BCUT2D eigenvalue weighted by Crippen LogP contribution is 2.12. The molecule has 3 aromatic rings. The van der Waals surface area contributed by atoms with Gasteiger partial charge in [-0.15, -0.1) is 0 Å². The molecule has 0 unspecified atom stereocenters. The van der Waals surface area contributed by atoms with Gasteiger partial charge in [0.1, 0.15) is 5.82 Å². The molecule has 0 amide bonds. The number of sulfone groups is 1. The minimum absolute atomic E-state index is 0.324. The Morgan fingerprint density at radius 3 is 2.62 bits per heavy atom. The molecule has 0 aliphatic heterocycles. The van der Waals surface area contributed by atoms with Gasteiger partial charge in [0.05, 0.1) is 11.1 Å². The van der Waals surface area contributed by atoms with Crippen LogP contribution in [0.25, 0.3) is 5.65 Å². The Morgan fingerprint density at radius 1 is 1.14 bits per heavy atom. The number of hydrogen-bond donors (Lipinski definition) is 1. The van der Waals surface area contributed by atoms with E-state index in [-0.39, 0.29) is 0 Å². The van der Waals surface area contributed by atoms with Gasteiger partial charge in [-0.2, -0.15) is 5.10 Å². The summed E-state index contributed by atoms with van der Waals surface area (Å²) in [6, 6.07) is 10.5. The van der Waals surface area contributed by atoms with Gasteiger partial charge < -0.3 is 5.32 Å². The molecule has 21 heavy (non-hydrogen) atoms. The minimum atomic E-state index is -3.15. The topological polar surface area (TPSA) is 76.4 Å². The molecule has 0 saturated heterocycles. The van der Waals surface area contributed by atoms with Gasteiger partial charge in [0, 0.05) is 25.1 Å². The Bertz CT molecular complexity index is 869. The van der Waals surface area contributed by atoms with Gasteiger partial charge in [-0.1, -0.05) is 12.1 Å². The van der Waals surface area contributed by atoms with Crippen LogP contribution < -0.4 is 5.32 Å². The maximum atomic E-state index is 11.4. The molecule has 1 N–H and O–H groups in total. The fraction of sp³-hybridized carbons (Fsp3) is 0.143. The lowest BCUT2D eigenvalue weighted by Gasteiger charge is -2.06. The first-order chi connectivity index (χ1) is 10.0. The van der Waals surface area contributed by atoms with Crippen LogP contribution in [0.3, 0.4) is 0 Å². The molecule has 0 aliphatic rings. The summed E-state index contributed by atoms with van der Waals surface area (Å²) in [7, 11) is -3.15. The van der Waals surface area contributed by atoms with E-state index < -0.39 is 9.84 Å². The molecule has 6 nitrogen and oxygen atoms in total. The number of benzene rings is 1. The molecule has 2 aromatic heterocycles. The first-order valence-corrected chi connectivity index (χ1v) is 8.25. The van der Waals surface area contributed by atoms with E-state index >= 15 is 0 Å². The van der Waals surface area contributed by atoms with Gasteiger partial charge in [0.15, 0.2) is 15.5 Å². The second kappa shape index (κ2) is 5.17. The van der Waals surface area contributed by atoms with Crippen LogP contribution in [0, 0.1) is 0 Å². The van der Waals surface area contributed by atoms with Gasteiger partial charge in [0.2, 0.25) is 0 Å². The smallest absolute Gasteiger partial charge is 0.175 e. The Kier molecular flexibility index (Phi) is 3.34. The van der Waals surface area contributed by atoms with E-state index in [1.165, 1.54) is 6.26 Å². The number of nitrogens with zero attached hydrogens (tertiary/aromatic N) is 3. The van der Waals surface area contributed by atoms with Crippen molar-refractivity contribution in [1.82, 2.24) is 14.6 Å². The molecule has 3 rings (SSSR count). The van der Waals surface area contributed by atoms with Gasteiger partial charge in [0.25, 0.3) is 0 Å². The molecular weight excluding hydrogens is 288 g/mol. The zero-order chi connectivity index (χ0) is 14.9. The molecule has 0 saturated carbocycles. The SMILES string of the molecule is CS(=O)(=O)c1ccc(CNc2ccn3nccc3n2)cc1. The van der Waals surface area contributed by atoms with Crippen molar-refractivity contribution in [2.24, 2.45) is 0 Å². The molecule has 0 spiro atoms. The van der Waals surface area contributed by atoms with E-state index in [0.29, 0.717) is 11.4 Å². The normalized spacial score (nSPS) is 11.7. The lowest BCUT2D eigenvalue weighted by atomic mass is 10.2. The Hall–Kier alpha value is -2.41. The van der Waals surface area contributed by atoms with Crippen molar-refractivity contribution in [3.63, 3.8) is 0 Å². The van der Waals surface area contributed by atoms with Crippen LogP contribution in [0.1, 0.15) is 5.56 Å². The van der Waals surface area contributed by atoms with Crippen LogP contribution >= 0.6 is 0 Å². The fourth-order valence-corrected chi connectivity index (χ4v) is 2.59. The number of fused-ring (bicyclic) bond motifs is 1. The third-order valence-electron chi connectivity index (χ3n) is 3.08. The van der Waals surface area contributed by atoms with E-state index in [9.17, 15) is 8.42 Å². The molecular formula is C14H14N4O2S. The summed E-state index contributed by atoms with van der Waals surface area (Å²) in [6.07, 6.45) is 4.72. The van der Waals surface area contributed by atoms with Crippen molar-refractivity contribution in [2.75, 3.05) is 11.6 Å². The number of anilines is 1. The van der Waals surface area contributed by atoms with Crippen molar-refractivity contribution in [3.8, 4) is 0 Å². The molecule has 0 radical (unpaired) electrons. The van der Waals surface area contributed by atoms with Crippen molar-refractivity contribution in [1.29, 1.82) is 0 Å². The second-order valence-electron chi connectivity index (χ2n) is 4.72. The first kappa shape index (κ1) is 13.6. The Labute approximate surface area is 122 Å². The zero-order valence-corrected chi connectivity index (χ0v) is 12.2. The molecule has 0 bridgehead atoms.